The summed E-state index contributed by atoms with van der Waals surface area (Å²) in [5.41, 5.74) is 0.995. The monoisotopic (exact) mass is 276 g/mol. The molecule has 0 aliphatic carbocycles. The first kappa shape index (κ1) is 14.7. The number of hydrogen-bond acceptors (Lipinski definition) is 2. The third-order valence-electron chi connectivity index (χ3n) is 3.56. The molecular weight excluding hydrogens is 255 g/mol. The molecule has 0 aliphatic heterocycles. The highest BCUT2D eigenvalue weighted by atomic mass is 19.1. The number of aryl methyl sites for hydroxylation is 2. The minimum absolute atomic E-state index is 0.321. The number of benzene rings is 1. The smallest absolute Gasteiger partial charge is 0.129 e. The number of halogens is 1. The van der Waals surface area contributed by atoms with Gasteiger partial charge in [-0.2, -0.15) is 5.10 Å². The van der Waals surface area contributed by atoms with E-state index in [0.717, 1.165) is 24.4 Å². The molecule has 0 radical (unpaired) electrons. The first-order valence-electron chi connectivity index (χ1n) is 7.01. The van der Waals surface area contributed by atoms with Gasteiger partial charge in [-0.1, -0.05) is 25.1 Å². The van der Waals surface area contributed by atoms with Crippen LogP contribution in [0.25, 0.3) is 0 Å². The Kier molecular flexibility index (Phi) is 4.23. The number of aliphatic hydroxyl groups is 1. The molecule has 4 heteroatoms. The maximum Gasteiger partial charge on any atom is 0.129 e. The van der Waals surface area contributed by atoms with E-state index < -0.39 is 5.60 Å². The molecule has 0 fully saturated rings. The maximum atomic E-state index is 13.9. The van der Waals surface area contributed by atoms with E-state index in [1.54, 1.807) is 25.1 Å². The van der Waals surface area contributed by atoms with E-state index in [0.29, 0.717) is 12.0 Å². The Morgan fingerprint density at radius 3 is 2.60 bits per heavy atom. The lowest BCUT2D eigenvalue weighted by molar-refractivity contribution is 0.0516. The minimum Gasteiger partial charge on any atom is -0.385 e. The van der Waals surface area contributed by atoms with Gasteiger partial charge >= 0.3 is 0 Å². The molecule has 0 spiro atoms. The van der Waals surface area contributed by atoms with Crippen LogP contribution in [0.4, 0.5) is 4.39 Å². The van der Waals surface area contributed by atoms with Gasteiger partial charge in [-0.3, -0.25) is 4.68 Å². The Labute approximate surface area is 119 Å². The zero-order valence-corrected chi connectivity index (χ0v) is 12.2. The van der Waals surface area contributed by atoms with Crippen LogP contribution in [0.3, 0.4) is 0 Å². The van der Waals surface area contributed by atoms with Crippen LogP contribution in [0.5, 0.6) is 0 Å². The van der Waals surface area contributed by atoms with Crippen molar-refractivity contribution in [3.8, 4) is 0 Å². The number of hydrogen-bond donors (Lipinski definition) is 1. The average molecular weight is 276 g/mol. The third-order valence-corrected chi connectivity index (χ3v) is 3.56. The molecule has 2 rings (SSSR count). The Morgan fingerprint density at radius 1 is 1.30 bits per heavy atom. The van der Waals surface area contributed by atoms with Crippen molar-refractivity contribution in [1.82, 2.24) is 9.78 Å². The highest BCUT2D eigenvalue weighted by Gasteiger charge is 2.28. The summed E-state index contributed by atoms with van der Waals surface area (Å²) in [5, 5.41) is 15.1. The summed E-state index contributed by atoms with van der Waals surface area (Å²) in [5.74, 6) is -0.379. The summed E-state index contributed by atoms with van der Waals surface area (Å²) in [4.78, 5) is 0. The van der Waals surface area contributed by atoms with Crippen molar-refractivity contribution < 1.29 is 9.50 Å². The fourth-order valence-corrected chi connectivity index (χ4v) is 2.45. The first-order chi connectivity index (χ1) is 9.47. The highest BCUT2D eigenvalue weighted by molar-refractivity contribution is 5.26. The lowest BCUT2D eigenvalue weighted by Crippen LogP contribution is -2.27. The van der Waals surface area contributed by atoms with Crippen molar-refractivity contribution in [3.05, 3.63) is 53.1 Å². The van der Waals surface area contributed by atoms with E-state index in [1.807, 2.05) is 24.6 Å². The van der Waals surface area contributed by atoms with Gasteiger partial charge in [0.05, 0.1) is 11.3 Å². The zero-order valence-electron chi connectivity index (χ0n) is 12.2. The van der Waals surface area contributed by atoms with E-state index in [2.05, 4.69) is 5.10 Å². The molecule has 0 bridgehead atoms. The summed E-state index contributed by atoms with van der Waals surface area (Å²) in [7, 11) is 0. The van der Waals surface area contributed by atoms with Gasteiger partial charge in [-0.05, 0) is 32.4 Å². The third kappa shape index (κ3) is 2.90. The van der Waals surface area contributed by atoms with Crippen LogP contribution in [0, 0.1) is 5.82 Å². The largest absolute Gasteiger partial charge is 0.385 e. The fourth-order valence-electron chi connectivity index (χ4n) is 2.45. The maximum absolute atomic E-state index is 13.9. The normalized spacial score (nSPS) is 14.2. The molecule has 3 nitrogen and oxygen atoms in total. The fraction of sp³-hybridized carbons (Fsp3) is 0.438. The summed E-state index contributed by atoms with van der Waals surface area (Å²) in [6.45, 7) is 6.43. The van der Waals surface area contributed by atoms with Gasteiger partial charge in [-0.25, -0.2) is 4.39 Å². The van der Waals surface area contributed by atoms with Crippen LogP contribution in [0.1, 0.15) is 37.7 Å². The van der Waals surface area contributed by atoms with Crippen LogP contribution in [-0.2, 0) is 25.0 Å². The summed E-state index contributed by atoms with van der Waals surface area (Å²) in [6.07, 6.45) is 1.19. The van der Waals surface area contributed by atoms with E-state index in [9.17, 15) is 9.50 Å². The molecule has 2 aromatic rings. The van der Waals surface area contributed by atoms with Gasteiger partial charge in [0.15, 0.2) is 0 Å². The van der Waals surface area contributed by atoms with E-state index in [1.165, 1.54) is 6.07 Å². The summed E-state index contributed by atoms with van der Waals surface area (Å²) < 4.78 is 15.7. The van der Waals surface area contributed by atoms with Crippen molar-refractivity contribution in [2.45, 2.75) is 45.8 Å². The molecule has 0 aliphatic rings. The molecular formula is C16H21FN2O. The molecule has 0 saturated carbocycles. The standard InChI is InChI=1S/C16H21FN2O/c1-4-12-10-13(19(5-2)18-12)11-16(3,20)14-8-6-7-9-15(14)17/h6-10,20H,4-5,11H2,1-3H3. The molecule has 20 heavy (non-hydrogen) atoms. The average Bonchev–Trinajstić information content (AvgIpc) is 2.80. The SMILES string of the molecule is CCc1cc(CC(C)(O)c2ccccc2F)n(CC)n1. The van der Waals surface area contributed by atoms with Crippen LogP contribution >= 0.6 is 0 Å². The predicted octanol–water partition coefficient (Wildman–Crippen LogP) is 3.05. The van der Waals surface area contributed by atoms with Crippen LogP contribution in [0.2, 0.25) is 0 Å². The number of rotatable bonds is 5. The molecule has 1 aromatic heterocycles. The van der Waals surface area contributed by atoms with Gasteiger partial charge in [0, 0.05) is 24.2 Å². The summed E-state index contributed by atoms with van der Waals surface area (Å²) in [6, 6.07) is 8.35. The second-order valence-electron chi connectivity index (χ2n) is 5.23. The molecule has 1 atom stereocenters. The molecule has 1 N–H and O–H groups in total. The van der Waals surface area contributed by atoms with Crippen molar-refractivity contribution in [1.29, 1.82) is 0 Å². The van der Waals surface area contributed by atoms with Gasteiger partial charge in [0.1, 0.15) is 5.82 Å². The van der Waals surface area contributed by atoms with E-state index in [-0.39, 0.29) is 5.82 Å². The molecule has 1 aromatic carbocycles. The van der Waals surface area contributed by atoms with Crippen molar-refractivity contribution in [3.63, 3.8) is 0 Å². The molecule has 0 saturated heterocycles. The number of aromatic nitrogens is 2. The van der Waals surface area contributed by atoms with Gasteiger partial charge in [-0.15, -0.1) is 0 Å². The van der Waals surface area contributed by atoms with Crippen LogP contribution in [0.15, 0.2) is 30.3 Å². The van der Waals surface area contributed by atoms with Crippen molar-refractivity contribution in [2.75, 3.05) is 0 Å². The molecule has 1 unspecified atom stereocenters. The quantitative estimate of drug-likeness (QED) is 0.911. The number of nitrogens with zero attached hydrogens (tertiary/aromatic N) is 2. The van der Waals surface area contributed by atoms with Crippen LogP contribution < -0.4 is 0 Å². The highest BCUT2D eigenvalue weighted by Crippen LogP contribution is 2.27. The second kappa shape index (κ2) is 5.75. The minimum atomic E-state index is -1.25. The topological polar surface area (TPSA) is 38.0 Å². The van der Waals surface area contributed by atoms with Gasteiger partial charge in [0.2, 0.25) is 0 Å². The predicted molar refractivity (Wildman–Crippen MR) is 77.0 cm³/mol. The van der Waals surface area contributed by atoms with E-state index >= 15 is 0 Å². The molecule has 0 amide bonds. The van der Waals surface area contributed by atoms with Gasteiger partial charge < -0.3 is 5.11 Å². The second-order valence-corrected chi connectivity index (χ2v) is 5.23. The van der Waals surface area contributed by atoms with Crippen LogP contribution in [-0.4, -0.2) is 14.9 Å². The van der Waals surface area contributed by atoms with Gasteiger partial charge in [0.25, 0.3) is 0 Å². The zero-order chi connectivity index (χ0) is 14.8. The Bertz CT molecular complexity index is 590. The Morgan fingerprint density at radius 2 is 2.00 bits per heavy atom. The lowest BCUT2D eigenvalue weighted by atomic mass is 9.90. The van der Waals surface area contributed by atoms with E-state index in [4.69, 9.17) is 0 Å². The Balaban J connectivity index is 2.33. The Hall–Kier alpha value is -1.68. The molecule has 108 valence electrons. The van der Waals surface area contributed by atoms with Crippen molar-refractivity contribution in [2.24, 2.45) is 0 Å². The van der Waals surface area contributed by atoms with Crippen molar-refractivity contribution >= 4 is 0 Å². The molecule has 1 heterocycles. The first-order valence-corrected chi connectivity index (χ1v) is 7.01. The summed E-state index contributed by atoms with van der Waals surface area (Å²) >= 11 is 0. The lowest BCUT2D eigenvalue weighted by Gasteiger charge is -2.24.